The minimum absolute atomic E-state index is 0.178. The second kappa shape index (κ2) is 7.26. The van der Waals surface area contributed by atoms with E-state index in [-0.39, 0.29) is 16.9 Å². The normalized spacial score (nSPS) is 12.7. The zero-order valence-electron chi connectivity index (χ0n) is 16.1. The smallest absolute Gasteiger partial charge is 0.343 e. The number of aryl methyl sites for hydroxylation is 2. The van der Waals surface area contributed by atoms with Gasteiger partial charge < -0.3 is 9.30 Å². The predicted molar refractivity (Wildman–Crippen MR) is 113 cm³/mol. The van der Waals surface area contributed by atoms with Crippen LogP contribution in [-0.2, 0) is 13.0 Å². The highest BCUT2D eigenvalue weighted by Crippen LogP contribution is 2.37. The molecule has 148 valence electrons. The molecule has 4 nitrogen and oxygen atoms in total. The third-order valence-electron chi connectivity index (χ3n) is 5.49. The molecule has 30 heavy (non-hydrogen) atoms. The second-order valence-electron chi connectivity index (χ2n) is 7.34. The number of carbonyl (C=O) groups is 1. The Bertz CT molecular complexity index is 1320. The SMILES string of the molecule is O=C(Oc1c(-c2ccccc2)c(=O)n2c3c(cccc13)CCC2)c1ccc(F)cc1. The molecule has 0 bridgehead atoms. The van der Waals surface area contributed by atoms with E-state index >= 15 is 0 Å². The number of aromatic nitrogens is 1. The molecule has 0 spiro atoms. The number of pyridine rings is 1. The first-order chi connectivity index (χ1) is 14.6. The summed E-state index contributed by atoms with van der Waals surface area (Å²) in [5, 5.41) is 0.723. The molecule has 0 saturated heterocycles. The van der Waals surface area contributed by atoms with Gasteiger partial charge in [-0.2, -0.15) is 0 Å². The largest absolute Gasteiger partial charge is 0.421 e. The Balaban J connectivity index is 1.77. The molecule has 0 atom stereocenters. The summed E-state index contributed by atoms with van der Waals surface area (Å²) in [6, 6.07) is 20.2. The van der Waals surface area contributed by atoms with E-state index in [4.69, 9.17) is 4.74 Å². The summed E-state index contributed by atoms with van der Waals surface area (Å²) in [5.41, 5.74) is 2.97. The Morgan fingerprint density at radius 3 is 2.47 bits per heavy atom. The number of carbonyl (C=O) groups excluding carboxylic acids is 1. The standard InChI is InChI=1S/C25H18FNO3/c26-19-13-11-18(12-14-19)25(29)30-23-20-10-4-8-17-9-5-15-27(22(17)20)24(28)21(23)16-6-2-1-3-7-16/h1-4,6-8,10-14H,5,9,15H2. The van der Waals surface area contributed by atoms with Crippen molar-refractivity contribution in [1.29, 1.82) is 0 Å². The van der Waals surface area contributed by atoms with E-state index in [1.165, 1.54) is 24.3 Å². The van der Waals surface area contributed by atoms with Crippen molar-refractivity contribution in [2.75, 3.05) is 0 Å². The van der Waals surface area contributed by atoms with Gasteiger partial charge in [0.25, 0.3) is 5.56 Å². The fraction of sp³-hybridized carbons (Fsp3) is 0.120. The fourth-order valence-electron chi connectivity index (χ4n) is 4.11. The van der Waals surface area contributed by atoms with Crippen LogP contribution in [0.1, 0.15) is 22.3 Å². The highest BCUT2D eigenvalue weighted by molar-refractivity contribution is 5.99. The van der Waals surface area contributed by atoms with E-state index in [0.717, 1.165) is 29.3 Å². The molecule has 4 aromatic rings. The molecule has 0 N–H and O–H groups in total. The van der Waals surface area contributed by atoms with Crippen molar-refractivity contribution in [3.63, 3.8) is 0 Å². The van der Waals surface area contributed by atoms with Crippen LogP contribution in [0.2, 0.25) is 0 Å². The van der Waals surface area contributed by atoms with Crippen LogP contribution in [0, 0.1) is 5.82 Å². The Hall–Kier alpha value is -3.73. The lowest BCUT2D eigenvalue weighted by molar-refractivity contribution is 0.0737. The van der Waals surface area contributed by atoms with Crippen molar-refractivity contribution in [2.45, 2.75) is 19.4 Å². The van der Waals surface area contributed by atoms with Gasteiger partial charge in [0, 0.05) is 11.9 Å². The number of hydrogen-bond donors (Lipinski definition) is 0. The van der Waals surface area contributed by atoms with Crippen LogP contribution >= 0.6 is 0 Å². The van der Waals surface area contributed by atoms with Crippen LogP contribution in [0.15, 0.2) is 77.6 Å². The van der Waals surface area contributed by atoms with E-state index in [0.29, 0.717) is 17.7 Å². The van der Waals surface area contributed by atoms with Gasteiger partial charge in [0.15, 0.2) is 5.75 Å². The molecule has 0 fully saturated rings. The minimum atomic E-state index is -0.631. The molecule has 3 aromatic carbocycles. The molecule has 1 aliphatic rings. The van der Waals surface area contributed by atoms with Gasteiger partial charge in [-0.3, -0.25) is 4.79 Å². The Labute approximate surface area is 172 Å². The van der Waals surface area contributed by atoms with Crippen LogP contribution in [0.3, 0.4) is 0 Å². The molecule has 0 aliphatic carbocycles. The monoisotopic (exact) mass is 399 g/mol. The summed E-state index contributed by atoms with van der Waals surface area (Å²) in [7, 11) is 0. The first kappa shape index (κ1) is 18.3. The molecule has 5 rings (SSSR count). The molecular weight excluding hydrogens is 381 g/mol. The van der Waals surface area contributed by atoms with Crippen LogP contribution in [-0.4, -0.2) is 10.5 Å². The summed E-state index contributed by atoms with van der Waals surface area (Å²) in [5.74, 6) is -0.819. The van der Waals surface area contributed by atoms with Crippen molar-refractivity contribution >= 4 is 16.9 Å². The van der Waals surface area contributed by atoms with Crippen LogP contribution in [0.5, 0.6) is 5.75 Å². The molecule has 0 amide bonds. The van der Waals surface area contributed by atoms with Gasteiger partial charge >= 0.3 is 5.97 Å². The number of halogens is 1. The van der Waals surface area contributed by atoms with Crippen LogP contribution in [0.25, 0.3) is 22.0 Å². The van der Waals surface area contributed by atoms with E-state index in [1.54, 1.807) is 4.57 Å². The number of rotatable bonds is 3. The number of ether oxygens (including phenoxy) is 1. The van der Waals surface area contributed by atoms with Crippen molar-refractivity contribution in [1.82, 2.24) is 4.57 Å². The molecular formula is C25H18FNO3. The summed E-state index contributed by atoms with van der Waals surface area (Å²) >= 11 is 0. The van der Waals surface area contributed by atoms with Gasteiger partial charge in [-0.25, -0.2) is 9.18 Å². The number of hydrogen-bond acceptors (Lipinski definition) is 3. The van der Waals surface area contributed by atoms with Gasteiger partial charge in [-0.1, -0.05) is 42.5 Å². The van der Waals surface area contributed by atoms with Crippen molar-refractivity contribution in [3.05, 3.63) is 100 Å². The Morgan fingerprint density at radius 1 is 0.933 bits per heavy atom. The maximum Gasteiger partial charge on any atom is 0.343 e. The predicted octanol–water partition coefficient (Wildman–Crippen LogP) is 4.97. The molecule has 0 radical (unpaired) electrons. The first-order valence-electron chi connectivity index (χ1n) is 9.85. The molecule has 1 aliphatic heterocycles. The van der Waals surface area contributed by atoms with Crippen LogP contribution < -0.4 is 10.3 Å². The summed E-state index contributed by atoms with van der Waals surface area (Å²) in [6.07, 6.45) is 1.75. The van der Waals surface area contributed by atoms with E-state index in [1.807, 2.05) is 48.5 Å². The topological polar surface area (TPSA) is 48.3 Å². The zero-order valence-corrected chi connectivity index (χ0v) is 16.1. The van der Waals surface area contributed by atoms with Gasteiger partial charge in [0.2, 0.25) is 0 Å². The lowest BCUT2D eigenvalue weighted by Gasteiger charge is -2.23. The first-order valence-corrected chi connectivity index (χ1v) is 9.85. The quantitative estimate of drug-likeness (QED) is 0.457. The highest BCUT2D eigenvalue weighted by Gasteiger charge is 2.25. The molecule has 0 unspecified atom stereocenters. The maximum absolute atomic E-state index is 13.5. The second-order valence-corrected chi connectivity index (χ2v) is 7.34. The van der Waals surface area contributed by atoms with Gasteiger partial charge in [-0.05, 0) is 54.3 Å². The summed E-state index contributed by atoms with van der Waals surface area (Å²) in [6.45, 7) is 0.623. The lowest BCUT2D eigenvalue weighted by Crippen LogP contribution is -2.27. The third-order valence-corrected chi connectivity index (χ3v) is 5.49. The number of para-hydroxylation sites is 1. The molecule has 5 heteroatoms. The average molecular weight is 399 g/mol. The highest BCUT2D eigenvalue weighted by atomic mass is 19.1. The van der Waals surface area contributed by atoms with Crippen molar-refractivity contribution in [2.24, 2.45) is 0 Å². The average Bonchev–Trinajstić information content (AvgIpc) is 2.78. The summed E-state index contributed by atoms with van der Waals surface area (Å²) < 4.78 is 20.9. The lowest BCUT2D eigenvalue weighted by atomic mass is 9.97. The Morgan fingerprint density at radius 2 is 1.70 bits per heavy atom. The molecule has 0 saturated carbocycles. The van der Waals surface area contributed by atoms with Crippen LogP contribution in [0.4, 0.5) is 4.39 Å². The van der Waals surface area contributed by atoms with Gasteiger partial charge in [0.05, 0.1) is 16.6 Å². The number of benzene rings is 3. The van der Waals surface area contributed by atoms with E-state index in [2.05, 4.69) is 0 Å². The van der Waals surface area contributed by atoms with Crippen molar-refractivity contribution < 1.29 is 13.9 Å². The molecule has 2 heterocycles. The summed E-state index contributed by atoms with van der Waals surface area (Å²) in [4.78, 5) is 26.4. The maximum atomic E-state index is 13.5. The van der Waals surface area contributed by atoms with Gasteiger partial charge in [-0.15, -0.1) is 0 Å². The zero-order chi connectivity index (χ0) is 20.7. The number of esters is 1. The van der Waals surface area contributed by atoms with Crippen molar-refractivity contribution in [3.8, 4) is 16.9 Å². The Kier molecular flexibility index (Phi) is 4.43. The fourth-order valence-corrected chi connectivity index (χ4v) is 4.11. The van der Waals surface area contributed by atoms with Gasteiger partial charge in [0.1, 0.15) is 5.82 Å². The van der Waals surface area contributed by atoms with E-state index in [9.17, 15) is 14.0 Å². The molecule has 1 aromatic heterocycles. The third kappa shape index (κ3) is 2.99. The minimum Gasteiger partial charge on any atom is -0.421 e. The van der Waals surface area contributed by atoms with E-state index < -0.39 is 11.8 Å². The number of nitrogens with zero attached hydrogens (tertiary/aromatic N) is 1.